The van der Waals surface area contributed by atoms with E-state index in [2.05, 4.69) is 9.97 Å². The molecule has 1 fully saturated rings. The molecule has 1 saturated heterocycles. The van der Waals surface area contributed by atoms with Gasteiger partial charge in [-0.1, -0.05) is 12.1 Å². The lowest BCUT2D eigenvalue weighted by Crippen LogP contribution is -2.44. The van der Waals surface area contributed by atoms with Gasteiger partial charge in [-0.25, -0.2) is 9.78 Å². The number of hydrogen-bond donors (Lipinski definition) is 1. The largest absolute Gasteiger partial charge is 0.444 e. The highest BCUT2D eigenvalue weighted by Gasteiger charge is 2.29. The van der Waals surface area contributed by atoms with Gasteiger partial charge in [0.05, 0.1) is 21.8 Å². The van der Waals surface area contributed by atoms with Gasteiger partial charge in [0.25, 0.3) is 0 Å². The zero-order valence-corrected chi connectivity index (χ0v) is 15.8. The maximum Gasteiger partial charge on any atom is 0.410 e. The number of para-hydroxylation sites is 2. The van der Waals surface area contributed by atoms with E-state index in [-0.39, 0.29) is 12.0 Å². The fourth-order valence-corrected chi connectivity index (χ4v) is 4.31. The van der Waals surface area contributed by atoms with Crippen molar-refractivity contribution in [3.63, 3.8) is 0 Å². The van der Waals surface area contributed by atoms with Crippen molar-refractivity contribution >= 4 is 27.9 Å². The Labute approximate surface area is 150 Å². The molecule has 1 aromatic carbocycles. The molecule has 0 saturated carbocycles. The Kier molecular flexibility index (Phi) is 5.13. The van der Waals surface area contributed by atoms with Gasteiger partial charge in [0.1, 0.15) is 5.60 Å². The molecular weight excluding hydrogens is 338 g/mol. The van der Waals surface area contributed by atoms with E-state index < -0.39 is 16.4 Å². The van der Waals surface area contributed by atoms with Crippen LogP contribution in [0.1, 0.15) is 33.6 Å². The second-order valence-electron chi connectivity index (χ2n) is 7.51. The Balaban J connectivity index is 1.62. The summed E-state index contributed by atoms with van der Waals surface area (Å²) in [5, 5.41) is 0.510. The second kappa shape index (κ2) is 7.15. The van der Waals surface area contributed by atoms with Gasteiger partial charge in [-0.2, -0.15) is 0 Å². The molecule has 7 heteroatoms. The molecule has 1 aliphatic heterocycles. The molecule has 0 aliphatic carbocycles. The Morgan fingerprint density at radius 1 is 1.40 bits per heavy atom. The van der Waals surface area contributed by atoms with Crippen LogP contribution in [0.4, 0.5) is 4.79 Å². The third kappa shape index (κ3) is 4.60. The van der Waals surface area contributed by atoms with Crippen molar-refractivity contribution in [2.45, 2.75) is 44.4 Å². The number of aromatic amines is 1. The standard InChI is InChI=1S/C18H25N3O3S/c1-18(2,3)24-17(22)21-10-6-7-13(11-21)12-25(23)16-19-14-8-4-5-9-15(14)20-16/h4-5,8-9,13H,6-7,10-12H2,1-3H3,(H,19,20)/t13-,25+/m1/s1. The lowest BCUT2D eigenvalue weighted by atomic mass is 10.0. The molecule has 0 bridgehead atoms. The quantitative estimate of drug-likeness (QED) is 0.908. The maximum atomic E-state index is 12.7. The molecule has 0 unspecified atom stereocenters. The summed E-state index contributed by atoms with van der Waals surface area (Å²) in [6, 6.07) is 7.66. The van der Waals surface area contributed by atoms with E-state index in [9.17, 15) is 9.00 Å². The molecule has 1 aliphatic rings. The van der Waals surface area contributed by atoms with Crippen LogP contribution in [-0.4, -0.2) is 49.6 Å². The van der Waals surface area contributed by atoms with E-state index in [4.69, 9.17) is 4.74 Å². The van der Waals surface area contributed by atoms with Crippen molar-refractivity contribution < 1.29 is 13.7 Å². The highest BCUT2D eigenvalue weighted by atomic mass is 32.2. The summed E-state index contributed by atoms with van der Waals surface area (Å²) >= 11 is 0. The number of carbonyl (C=O) groups is 1. The molecule has 25 heavy (non-hydrogen) atoms. The van der Waals surface area contributed by atoms with Crippen LogP contribution in [0.25, 0.3) is 11.0 Å². The van der Waals surface area contributed by atoms with Crippen LogP contribution in [0.2, 0.25) is 0 Å². The predicted molar refractivity (Wildman–Crippen MR) is 97.9 cm³/mol. The van der Waals surface area contributed by atoms with Crippen molar-refractivity contribution in [3.05, 3.63) is 24.3 Å². The maximum absolute atomic E-state index is 12.7. The molecule has 6 nitrogen and oxygen atoms in total. The molecule has 2 heterocycles. The van der Waals surface area contributed by atoms with Gasteiger partial charge in [-0.05, 0) is 51.7 Å². The van der Waals surface area contributed by atoms with Crippen molar-refractivity contribution in [2.24, 2.45) is 5.92 Å². The Bertz CT molecular complexity index is 748. The van der Waals surface area contributed by atoms with Gasteiger partial charge in [0.15, 0.2) is 5.16 Å². The normalized spacial score (nSPS) is 19.8. The average molecular weight is 363 g/mol. The van der Waals surface area contributed by atoms with Crippen molar-refractivity contribution in [1.29, 1.82) is 0 Å². The van der Waals surface area contributed by atoms with Gasteiger partial charge >= 0.3 is 6.09 Å². The summed E-state index contributed by atoms with van der Waals surface area (Å²) in [5.41, 5.74) is 1.22. The highest BCUT2D eigenvalue weighted by molar-refractivity contribution is 7.84. The third-order valence-corrected chi connectivity index (χ3v) is 5.54. The number of rotatable bonds is 3. The Morgan fingerprint density at radius 2 is 2.16 bits per heavy atom. The van der Waals surface area contributed by atoms with E-state index in [1.807, 2.05) is 45.0 Å². The first-order valence-electron chi connectivity index (χ1n) is 8.63. The summed E-state index contributed by atoms with van der Waals surface area (Å²) in [6.07, 6.45) is 1.58. The van der Waals surface area contributed by atoms with Gasteiger partial charge in [0.2, 0.25) is 0 Å². The Morgan fingerprint density at radius 3 is 2.88 bits per heavy atom. The summed E-state index contributed by atoms with van der Waals surface area (Å²) in [5.74, 6) is 0.689. The number of aromatic nitrogens is 2. The number of benzene rings is 1. The number of nitrogens with one attached hydrogen (secondary N) is 1. The molecule has 3 rings (SSSR count). The number of nitrogens with zero attached hydrogens (tertiary/aromatic N) is 2. The van der Waals surface area contributed by atoms with E-state index >= 15 is 0 Å². The number of H-pyrrole nitrogens is 1. The SMILES string of the molecule is CC(C)(C)OC(=O)N1CCC[C@@H](C[S@](=O)c2nc3ccccc3[nH]2)C1. The van der Waals surface area contributed by atoms with Crippen LogP contribution in [0.5, 0.6) is 0 Å². The number of hydrogen-bond acceptors (Lipinski definition) is 4. The number of likely N-dealkylation sites (tertiary alicyclic amines) is 1. The zero-order chi connectivity index (χ0) is 18.0. The molecule has 0 radical (unpaired) electrons. The minimum Gasteiger partial charge on any atom is -0.444 e. The minimum atomic E-state index is -1.21. The first-order valence-corrected chi connectivity index (χ1v) is 9.95. The molecule has 1 N–H and O–H groups in total. The summed E-state index contributed by atoms with van der Waals surface area (Å²) in [4.78, 5) is 21.5. The van der Waals surface area contributed by atoms with E-state index in [0.29, 0.717) is 24.0 Å². The van der Waals surface area contributed by atoms with Crippen molar-refractivity contribution in [3.8, 4) is 0 Å². The number of ether oxygens (including phenoxy) is 1. The Hall–Kier alpha value is -1.89. The summed E-state index contributed by atoms with van der Waals surface area (Å²) in [6.45, 7) is 6.87. The molecule has 1 aromatic heterocycles. The third-order valence-electron chi connectivity index (χ3n) is 4.14. The van der Waals surface area contributed by atoms with Crippen LogP contribution >= 0.6 is 0 Å². The lowest BCUT2D eigenvalue weighted by molar-refractivity contribution is 0.0176. The number of piperidine rings is 1. The van der Waals surface area contributed by atoms with Crippen LogP contribution in [-0.2, 0) is 15.5 Å². The number of imidazole rings is 1. The number of carbonyl (C=O) groups excluding carboxylic acids is 1. The molecule has 2 aromatic rings. The monoisotopic (exact) mass is 363 g/mol. The first-order chi connectivity index (χ1) is 11.8. The summed E-state index contributed by atoms with van der Waals surface area (Å²) < 4.78 is 18.1. The first kappa shape index (κ1) is 17.9. The topological polar surface area (TPSA) is 75.3 Å². The average Bonchev–Trinajstić information content (AvgIpc) is 2.98. The number of amides is 1. The van der Waals surface area contributed by atoms with Crippen LogP contribution < -0.4 is 0 Å². The minimum absolute atomic E-state index is 0.190. The van der Waals surface area contributed by atoms with Gasteiger partial charge in [-0.15, -0.1) is 0 Å². The fourth-order valence-electron chi connectivity index (χ4n) is 3.02. The van der Waals surface area contributed by atoms with Crippen molar-refractivity contribution in [1.82, 2.24) is 14.9 Å². The van der Waals surface area contributed by atoms with Gasteiger partial charge in [-0.3, -0.25) is 4.21 Å². The molecule has 136 valence electrons. The highest BCUT2D eigenvalue weighted by Crippen LogP contribution is 2.22. The van der Waals surface area contributed by atoms with Gasteiger partial charge < -0.3 is 14.6 Å². The van der Waals surface area contributed by atoms with E-state index in [1.165, 1.54) is 0 Å². The van der Waals surface area contributed by atoms with Crippen molar-refractivity contribution in [2.75, 3.05) is 18.8 Å². The van der Waals surface area contributed by atoms with Gasteiger partial charge in [0, 0.05) is 18.8 Å². The molecule has 2 atom stereocenters. The van der Waals surface area contributed by atoms with Crippen LogP contribution in [0, 0.1) is 5.92 Å². The molecular formula is C18H25N3O3S. The smallest absolute Gasteiger partial charge is 0.410 e. The number of fused-ring (bicyclic) bond motifs is 1. The second-order valence-corrected chi connectivity index (χ2v) is 8.92. The lowest BCUT2D eigenvalue weighted by Gasteiger charge is -2.33. The molecule has 0 spiro atoms. The molecule has 1 amide bonds. The summed E-state index contributed by atoms with van der Waals surface area (Å²) in [7, 11) is -1.21. The zero-order valence-electron chi connectivity index (χ0n) is 14.9. The fraction of sp³-hybridized carbons (Fsp3) is 0.556. The van der Waals surface area contributed by atoms with E-state index in [0.717, 1.165) is 23.9 Å². The van der Waals surface area contributed by atoms with E-state index in [1.54, 1.807) is 4.90 Å². The van der Waals surface area contributed by atoms with Crippen LogP contribution in [0.15, 0.2) is 29.4 Å². The van der Waals surface area contributed by atoms with Crippen LogP contribution in [0.3, 0.4) is 0 Å². The predicted octanol–water partition coefficient (Wildman–Crippen LogP) is 3.32.